The summed E-state index contributed by atoms with van der Waals surface area (Å²) in [5, 5.41) is 3.47. The van der Waals surface area contributed by atoms with Crippen molar-refractivity contribution in [2.24, 2.45) is 7.05 Å². The van der Waals surface area contributed by atoms with E-state index in [1.807, 2.05) is 56.7 Å². The molecule has 1 atom stereocenters. The van der Waals surface area contributed by atoms with Crippen molar-refractivity contribution in [1.82, 2.24) is 19.5 Å². The van der Waals surface area contributed by atoms with Crippen LogP contribution in [0.15, 0.2) is 54.9 Å². The molecule has 1 unspecified atom stereocenters. The Bertz CT molecular complexity index is 1130. The molecule has 6 heteroatoms. The number of fused-ring (bicyclic) bond motifs is 1. The maximum absolute atomic E-state index is 5.33. The first-order chi connectivity index (χ1) is 13.5. The van der Waals surface area contributed by atoms with Gasteiger partial charge in [-0.1, -0.05) is 12.1 Å². The maximum atomic E-state index is 5.33. The first kappa shape index (κ1) is 18.0. The van der Waals surface area contributed by atoms with Crippen LogP contribution >= 0.6 is 0 Å². The zero-order valence-corrected chi connectivity index (χ0v) is 16.5. The molecule has 6 nitrogen and oxygen atoms in total. The Kier molecular flexibility index (Phi) is 4.69. The van der Waals surface area contributed by atoms with Crippen LogP contribution in [0.25, 0.3) is 22.3 Å². The molecule has 28 heavy (non-hydrogen) atoms. The van der Waals surface area contributed by atoms with Gasteiger partial charge in [0.25, 0.3) is 0 Å². The van der Waals surface area contributed by atoms with Crippen LogP contribution in [-0.2, 0) is 7.05 Å². The van der Waals surface area contributed by atoms with Crippen molar-refractivity contribution in [1.29, 1.82) is 0 Å². The lowest BCUT2D eigenvalue weighted by Crippen LogP contribution is -2.09. The number of hydrogen-bond donors (Lipinski definition) is 1. The summed E-state index contributed by atoms with van der Waals surface area (Å²) in [7, 11) is 3.69. The second-order valence-electron chi connectivity index (χ2n) is 6.88. The Hall–Kier alpha value is -3.41. The third-order valence-corrected chi connectivity index (χ3v) is 4.83. The Labute approximate surface area is 164 Å². The number of nitrogens with one attached hydrogen (secondary N) is 1. The van der Waals surface area contributed by atoms with E-state index in [1.165, 1.54) is 0 Å². The molecule has 4 aromatic rings. The third kappa shape index (κ3) is 3.53. The number of nitrogens with zero attached hydrogens (tertiary/aromatic N) is 4. The van der Waals surface area contributed by atoms with Gasteiger partial charge in [0.15, 0.2) is 0 Å². The Morgan fingerprint density at radius 3 is 2.79 bits per heavy atom. The average Bonchev–Trinajstić information content (AvgIpc) is 3.08. The normalized spacial score (nSPS) is 12.1. The Morgan fingerprint density at radius 1 is 1.11 bits per heavy atom. The lowest BCUT2D eigenvalue weighted by atomic mass is 10.1. The van der Waals surface area contributed by atoms with E-state index >= 15 is 0 Å². The summed E-state index contributed by atoms with van der Waals surface area (Å²) in [5.74, 6) is 2.34. The zero-order chi connectivity index (χ0) is 19.7. The second-order valence-corrected chi connectivity index (χ2v) is 6.88. The quantitative estimate of drug-likeness (QED) is 0.557. The van der Waals surface area contributed by atoms with Gasteiger partial charge in [0.05, 0.1) is 29.9 Å². The minimum absolute atomic E-state index is 0.0747. The maximum Gasteiger partial charge on any atom is 0.130 e. The van der Waals surface area contributed by atoms with Crippen LogP contribution in [0.3, 0.4) is 0 Å². The number of anilines is 1. The number of pyridine rings is 1. The van der Waals surface area contributed by atoms with Gasteiger partial charge < -0.3 is 14.6 Å². The molecule has 3 heterocycles. The minimum atomic E-state index is 0.0747. The molecule has 142 valence electrons. The smallest absolute Gasteiger partial charge is 0.130 e. The van der Waals surface area contributed by atoms with E-state index in [9.17, 15) is 0 Å². The van der Waals surface area contributed by atoms with Crippen molar-refractivity contribution < 1.29 is 4.74 Å². The molecule has 0 amide bonds. The van der Waals surface area contributed by atoms with E-state index in [0.717, 1.165) is 39.4 Å². The average molecular weight is 373 g/mol. The van der Waals surface area contributed by atoms with Gasteiger partial charge in [0.1, 0.15) is 17.4 Å². The summed E-state index contributed by atoms with van der Waals surface area (Å²) in [5.41, 5.74) is 5.00. The van der Waals surface area contributed by atoms with Gasteiger partial charge in [0, 0.05) is 31.1 Å². The number of rotatable bonds is 5. The highest BCUT2D eigenvalue weighted by atomic mass is 16.5. The SMILES string of the molecule is COc1cccc(C(C)Nc2cc(-c3cnc4ccn(C)c4c3)nc(C)n2)c1. The standard InChI is InChI=1S/C22H23N5O/c1-14(16-6-5-7-18(10-16)28-4)24-22-12-20(25-15(2)26-22)17-11-21-19(23-13-17)8-9-27(21)3/h5-14H,1-4H3,(H,24,25,26). The van der Waals surface area contributed by atoms with E-state index in [0.29, 0.717) is 5.82 Å². The highest BCUT2D eigenvalue weighted by Crippen LogP contribution is 2.26. The molecular weight excluding hydrogens is 350 g/mol. The van der Waals surface area contributed by atoms with Crippen LogP contribution in [0.1, 0.15) is 24.4 Å². The molecule has 0 saturated carbocycles. The fraction of sp³-hybridized carbons (Fsp3) is 0.227. The first-order valence-electron chi connectivity index (χ1n) is 9.21. The highest BCUT2D eigenvalue weighted by molar-refractivity contribution is 5.80. The minimum Gasteiger partial charge on any atom is -0.497 e. The van der Waals surface area contributed by atoms with E-state index in [2.05, 4.69) is 43.9 Å². The van der Waals surface area contributed by atoms with Crippen molar-refractivity contribution in [2.45, 2.75) is 19.9 Å². The largest absolute Gasteiger partial charge is 0.497 e. The van der Waals surface area contributed by atoms with E-state index in [1.54, 1.807) is 7.11 Å². The topological polar surface area (TPSA) is 64.9 Å². The molecule has 0 radical (unpaired) electrons. The van der Waals surface area contributed by atoms with Gasteiger partial charge in [-0.05, 0) is 43.7 Å². The van der Waals surface area contributed by atoms with Crippen LogP contribution in [0.4, 0.5) is 5.82 Å². The van der Waals surface area contributed by atoms with Gasteiger partial charge in [-0.3, -0.25) is 4.98 Å². The van der Waals surface area contributed by atoms with Crippen molar-refractivity contribution in [2.75, 3.05) is 12.4 Å². The van der Waals surface area contributed by atoms with Gasteiger partial charge in [0.2, 0.25) is 0 Å². The van der Waals surface area contributed by atoms with Crippen molar-refractivity contribution in [3.05, 3.63) is 66.2 Å². The summed E-state index contributed by atoms with van der Waals surface area (Å²) in [6, 6.07) is 14.2. The fourth-order valence-corrected chi connectivity index (χ4v) is 3.28. The summed E-state index contributed by atoms with van der Waals surface area (Å²) in [6.45, 7) is 4.00. The van der Waals surface area contributed by atoms with Crippen molar-refractivity contribution in [3.63, 3.8) is 0 Å². The number of benzene rings is 1. The van der Waals surface area contributed by atoms with Gasteiger partial charge in [-0.15, -0.1) is 0 Å². The van der Waals surface area contributed by atoms with Crippen LogP contribution in [0.5, 0.6) is 5.75 Å². The summed E-state index contributed by atoms with van der Waals surface area (Å²) < 4.78 is 7.39. The first-order valence-corrected chi connectivity index (χ1v) is 9.21. The molecule has 0 aliphatic carbocycles. The van der Waals surface area contributed by atoms with Crippen LogP contribution < -0.4 is 10.1 Å². The molecule has 0 saturated heterocycles. The number of hydrogen-bond acceptors (Lipinski definition) is 5. The predicted molar refractivity (Wildman–Crippen MR) is 112 cm³/mol. The number of aryl methyl sites for hydroxylation is 2. The molecular formula is C22H23N5O. The molecule has 3 aromatic heterocycles. The van der Waals surface area contributed by atoms with Crippen LogP contribution in [0.2, 0.25) is 0 Å². The number of aromatic nitrogens is 4. The van der Waals surface area contributed by atoms with Gasteiger partial charge in [-0.2, -0.15) is 0 Å². The van der Waals surface area contributed by atoms with Crippen molar-refractivity contribution in [3.8, 4) is 17.0 Å². The summed E-state index contributed by atoms with van der Waals surface area (Å²) in [4.78, 5) is 13.7. The number of methoxy groups -OCH3 is 1. The van der Waals surface area contributed by atoms with Crippen LogP contribution in [-0.4, -0.2) is 26.6 Å². The Morgan fingerprint density at radius 2 is 1.96 bits per heavy atom. The van der Waals surface area contributed by atoms with Gasteiger partial charge >= 0.3 is 0 Å². The highest BCUT2D eigenvalue weighted by Gasteiger charge is 2.11. The van der Waals surface area contributed by atoms with Crippen molar-refractivity contribution >= 4 is 16.9 Å². The number of ether oxygens (including phenoxy) is 1. The molecule has 1 aromatic carbocycles. The molecule has 1 N–H and O–H groups in total. The van der Waals surface area contributed by atoms with Gasteiger partial charge in [-0.25, -0.2) is 9.97 Å². The monoisotopic (exact) mass is 373 g/mol. The lowest BCUT2D eigenvalue weighted by molar-refractivity contribution is 0.414. The molecule has 0 fully saturated rings. The molecule has 4 rings (SSSR count). The molecule has 0 aliphatic rings. The molecule has 0 bridgehead atoms. The van der Waals surface area contributed by atoms with E-state index < -0.39 is 0 Å². The third-order valence-electron chi connectivity index (χ3n) is 4.83. The fourth-order valence-electron chi connectivity index (χ4n) is 3.28. The summed E-state index contributed by atoms with van der Waals surface area (Å²) >= 11 is 0. The lowest BCUT2D eigenvalue weighted by Gasteiger charge is -2.16. The van der Waals surface area contributed by atoms with E-state index in [-0.39, 0.29) is 6.04 Å². The second kappa shape index (κ2) is 7.31. The van der Waals surface area contributed by atoms with E-state index in [4.69, 9.17) is 4.74 Å². The zero-order valence-electron chi connectivity index (χ0n) is 16.5. The molecule has 0 spiro atoms. The summed E-state index contributed by atoms with van der Waals surface area (Å²) in [6.07, 6.45) is 3.87. The van der Waals surface area contributed by atoms with Crippen LogP contribution in [0, 0.1) is 6.92 Å². The molecule has 0 aliphatic heterocycles. The Balaban J connectivity index is 1.65. The predicted octanol–water partition coefficient (Wildman–Crippen LogP) is 4.52.